The lowest BCUT2D eigenvalue weighted by atomic mass is 9.97. The number of amides is 1. The summed E-state index contributed by atoms with van der Waals surface area (Å²) in [5, 5.41) is 0.620. The molecule has 2 aromatic carbocycles. The van der Waals surface area contributed by atoms with Crippen molar-refractivity contribution in [1.29, 1.82) is 0 Å². The number of carbonyl (C=O) groups is 2. The van der Waals surface area contributed by atoms with Gasteiger partial charge in [-0.05, 0) is 81.0 Å². The maximum Gasteiger partial charge on any atom is 0.350 e. The minimum absolute atomic E-state index is 0.0395. The van der Waals surface area contributed by atoms with Crippen LogP contribution < -0.4 is 19.8 Å². The molecular formula is C34H36N2O7S. The van der Waals surface area contributed by atoms with Crippen LogP contribution in [0.3, 0.4) is 0 Å². The van der Waals surface area contributed by atoms with Gasteiger partial charge in [0.05, 0.1) is 35.9 Å². The molecular weight excluding hydrogens is 580 g/mol. The van der Waals surface area contributed by atoms with E-state index in [9.17, 15) is 14.4 Å². The molecule has 1 atom stereocenters. The monoisotopic (exact) mass is 616 g/mol. The first-order valence-corrected chi connectivity index (χ1v) is 15.4. The average molecular weight is 617 g/mol. The Morgan fingerprint density at radius 2 is 1.86 bits per heavy atom. The Kier molecular flexibility index (Phi) is 8.92. The van der Waals surface area contributed by atoms with Crippen LogP contribution in [0.15, 0.2) is 52.2 Å². The van der Waals surface area contributed by atoms with Crippen LogP contribution in [-0.2, 0) is 4.74 Å². The Morgan fingerprint density at radius 1 is 1.11 bits per heavy atom. The number of aryl methyl sites for hydroxylation is 3. The number of hydrogen-bond acceptors (Lipinski definition) is 9. The number of aromatic nitrogens is 1. The van der Waals surface area contributed by atoms with E-state index >= 15 is 0 Å². The highest BCUT2D eigenvalue weighted by Gasteiger charge is 2.45. The van der Waals surface area contributed by atoms with E-state index in [2.05, 4.69) is 25.4 Å². The molecule has 0 spiro atoms. The molecule has 0 N–H and O–H groups in total. The minimum Gasteiger partial charge on any atom is -0.490 e. The van der Waals surface area contributed by atoms with Crippen molar-refractivity contribution in [1.82, 2.24) is 4.98 Å². The summed E-state index contributed by atoms with van der Waals surface area (Å²) >= 11 is 1.02. The molecule has 5 rings (SSSR count). The predicted octanol–water partition coefficient (Wildman–Crippen LogP) is 7.09. The third-order valence-electron chi connectivity index (χ3n) is 7.53. The summed E-state index contributed by atoms with van der Waals surface area (Å²) in [5.41, 5.74) is 3.11. The molecule has 1 aliphatic rings. The lowest BCUT2D eigenvalue weighted by Gasteiger charge is -2.23. The van der Waals surface area contributed by atoms with Crippen LogP contribution in [0.5, 0.6) is 11.5 Å². The van der Waals surface area contributed by atoms with Crippen LogP contribution in [0.1, 0.15) is 81.4 Å². The van der Waals surface area contributed by atoms with Gasteiger partial charge in [-0.25, -0.2) is 9.78 Å². The average Bonchev–Trinajstić information content (AvgIpc) is 3.50. The van der Waals surface area contributed by atoms with Crippen molar-refractivity contribution in [2.75, 3.05) is 24.7 Å². The molecule has 2 aromatic heterocycles. The summed E-state index contributed by atoms with van der Waals surface area (Å²) in [4.78, 5) is 47.3. The largest absolute Gasteiger partial charge is 0.490 e. The fraction of sp³-hybridized carbons (Fsp3) is 0.353. The van der Waals surface area contributed by atoms with E-state index in [1.165, 1.54) is 11.0 Å². The van der Waals surface area contributed by atoms with Crippen molar-refractivity contribution < 1.29 is 28.2 Å². The standard InChI is InChI=1S/C34H36N2O7S/c1-8-13-42-33(39)31-21(7)35-34(44-31)36-28(22-10-11-24(26(17-22)40-9-2)41-14-12-18(3)4)27-29(37)23-15-19(5)20(6)16-25(23)43-30(27)32(36)38/h8,10-11,15-18,28H,1,9,12-14H2,2-7H3. The summed E-state index contributed by atoms with van der Waals surface area (Å²) in [6.07, 6.45) is 2.35. The maximum atomic E-state index is 14.2. The molecule has 9 nitrogen and oxygen atoms in total. The molecule has 4 aromatic rings. The van der Waals surface area contributed by atoms with Gasteiger partial charge >= 0.3 is 5.97 Å². The first kappa shape index (κ1) is 31.0. The molecule has 0 bridgehead atoms. The third-order valence-corrected chi connectivity index (χ3v) is 8.67. The smallest absolute Gasteiger partial charge is 0.350 e. The molecule has 44 heavy (non-hydrogen) atoms. The van der Waals surface area contributed by atoms with Crippen LogP contribution in [0.25, 0.3) is 11.0 Å². The molecule has 1 aliphatic heterocycles. The number of thiazole rings is 1. The topological polar surface area (TPSA) is 108 Å². The Hall–Kier alpha value is -4.44. The van der Waals surface area contributed by atoms with Gasteiger partial charge in [-0.2, -0.15) is 0 Å². The number of ether oxygens (including phenoxy) is 3. The van der Waals surface area contributed by atoms with Gasteiger partial charge in [-0.15, -0.1) is 0 Å². The molecule has 3 heterocycles. The first-order valence-electron chi connectivity index (χ1n) is 14.6. The molecule has 1 amide bonds. The van der Waals surface area contributed by atoms with Crippen molar-refractivity contribution in [3.63, 3.8) is 0 Å². The molecule has 1 unspecified atom stereocenters. The Balaban J connectivity index is 1.69. The summed E-state index contributed by atoms with van der Waals surface area (Å²) in [7, 11) is 0. The number of anilines is 1. The van der Waals surface area contributed by atoms with E-state index in [1.54, 1.807) is 31.2 Å². The zero-order valence-corrected chi connectivity index (χ0v) is 26.6. The Labute approximate surface area is 260 Å². The lowest BCUT2D eigenvalue weighted by molar-refractivity contribution is 0.0554. The molecule has 230 valence electrons. The van der Waals surface area contributed by atoms with Gasteiger partial charge in [0.15, 0.2) is 22.1 Å². The zero-order valence-electron chi connectivity index (χ0n) is 25.8. The van der Waals surface area contributed by atoms with E-state index < -0.39 is 17.9 Å². The first-order chi connectivity index (χ1) is 21.0. The second-order valence-corrected chi connectivity index (χ2v) is 12.1. The number of esters is 1. The maximum absolute atomic E-state index is 14.2. The summed E-state index contributed by atoms with van der Waals surface area (Å²) in [5.74, 6) is 0.379. The van der Waals surface area contributed by atoms with Crippen molar-refractivity contribution in [2.24, 2.45) is 5.92 Å². The second-order valence-electron chi connectivity index (χ2n) is 11.2. The van der Waals surface area contributed by atoms with Gasteiger partial charge in [0, 0.05) is 0 Å². The van der Waals surface area contributed by atoms with Crippen LogP contribution in [0.4, 0.5) is 5.13 Å². The summed E-state index contributed by atoms with van der Waals surface area (Å²) in [6.45, 7) is 16.2. The van der Waals surface area contributed by atoms with Gasteiger partial charge in [-0.3, -0.25) is 14.5 Å². The molecule has 0 aliphatic carbocycles. The van der Waals surface area contributed by atoms with Gasteiger partial charge < -0.3 is 18.6 Å². The van der Waals surface area contributed by atoms with E-state index in [4.69, 9.17) is 18.6 Å². The molecule has 0 radical (unpaired) electrons. The van der Waals surface area contributed by atoms with Crippen molar-refractivity contribution in [3.05, 3.63) is 91.8 Å². The lowest BCUT2D eigenvalue weighted by Crippen LogP contribution is -2.29. The number of fused-ring (bicyclic) bond motifs is 2. The summed E-state index contributed by atoms with van der Waals surface area (Å²) in [6, 6.07) is 8.07. The number of carbonyl (C=O) groups excluding carboxylic acids is 2. The van der Waals surface area contributed by atoms with E-state index in [1.807, 2.05) is 26.8 Å². The van der Waals surface area contributed by atoms with Gasteiger partial charge in [0.1, 0.15) is 17.1 Å². The molecule has 0 saturated heterocycles. The van der Waals surface area contributed by atoms with Gasteiger partial charge in [0.2, 0.25) is 5.76 Å². The van der Waals surface area contributed by atoms with Crippen LogP contribution in [0, 0.1) is 26.7 Å². The number of rotatable bonds is 11. The molecule has 0 saturated carbocycles. The zero-order chi connectivity index (χ0) is 31.7. The normalized spacial score (nSPS) is 14.3. The molecule has 0 fully saturated rings. The van der Waals surface area contributed by atoms with Crippen LogP contribution in [0.2, 0.25) is 0 Å². The van der Waals surface area contributed by atoms with Crippen molar-refractivity contribution >= 4 is 39.3 Å². The Bertz CT molecular complexity index is 1820. The van der Waals surface area contributed by atoms with E-state index in [0.717, 1.165) is 28.9 Å². The highest BCUT2D eigenvalue weighted by molar-refractivity contribution is 7.17. The summed E-state index contributed by atoms with van der Waals surface area (Å²) < 4.78 is 23.4. The highest BCUT2D eigenvalue weighted by atomic mass is 32.1. The Morgan fingerprint density at radius 3 is 2.57 bits per heavy atom. The van der Waals surface area contributed by atoms with Crippen LogP contribution >= 0.6 is 11.3 Å². The fourth-order valence-electron chi connectivity index (χ4n) is 5.10. The molecule has 10 heteroatoms. The number of hydrogen-bond donors (Lipinski definition) is 0. The van der Waals surface area contributed by atoms with Gasteiger partial charge in [0.25, 0.3) is 5.91 Å². The SMILES string of the molecule is C=CCOC(=O)c1sc(N2C(=O)c3oc4cc(C)c(C)cc4c(=O)c3C2c2ccc(OCCC(C)C)c(OCC)c2)nc1C. The quantitative estimate of drug-likeness (QED) is 0.130. The second kappa shape index (κ2) is 12.7. The van der Waals surface area contributed by atoms with Crippen molar-refractivity contribution in [2.45, 2.75) is 54.0 Å². The minimum atomic E-state index is -0.897. The van der Waals surface area contributed by atoms with Crippen LogP contribution in [-0.4, -0.2) is 36.7 Å². The van der Waals surface area contributed by atoms with Crippen molar-refractivity contribution in [3.8, 4) is 11.5 Å². The predicted molar refractivity (Wildman–Crippen MR) is 171 cm³/mol. The number of benzene rings is 2. The fourth-order valence-corrected chi connectivity index (χ4v) is 6.09. The number of nitrogens with zero attached hydrogens (tertiary/aromatic N) is 2. The highest BCUT2D eigenvalue weighted by Crippen LogP contribution is 2.45. The van der Waals surface area contributed by atoms with E-state index in [0.29, 0.717) is 52.9 Å². The van der Waals surface area contributed by atoms with E-state index in [-0.39, 0.29) is 33.4 Å². The van der Waals surface area contributed by atoms with Gasteiger partial charge in [-0.1, -0.05) is 43.9 Å². The third kappa shape index (κ3) is 5.74.